The number of carbonyl (C=O) groups excluding carboxylic acids is 2. The van der Waals surface area contributed by atoms with Crippen LogP contribution in [0.25, 0.3) is 0 Å². The van der Waals surface area contributed by atoms with Crippen molar-refractivity contribution >= 4 is 27.6 Å². The smallest absolute Gasteiger partial charge is 0.231 e. The van der Waals surface area contributed by atoms with Crippen LogP contribution in [-0.4, -0.2) is 21.4 Å². The summed E-state index contributed by atoms with van der Waals surface area (Å²) in [6, 6.07) is 20.2. The molecule has 152 valence electrons. The number of alkyl halides is 1. The van der Waals surface area contributed by atoms with Crippen molar-refractivity contribution < 1.29 is 9.59 Å². The highest BCUT2D eigenvalue weighted by Gasteiger charge is 2.77. The minimum absolute atomic E-state index is 0.0895. The molecule has 29 heavy (non-hydrogen) atoms. The van der Waals surface area contributed by atoms with Gasteiger partial charge >= 0.3 is 0 Å². The van der Waals surface area contributed by atoms with E-state index in [-0.39, 0.29) is 11.7 Å². The Kier molecular flexibility index (Phi) is 4.97. The molecule has 2 aliphatic rings. The highest BCUT2D eigenvalue weighted by Crippen LogP contribution is 2.72. The molecule has 3 atom stereocenters. The molecule has 3 nitrogen and oxygen atoms in total. The average Bonchev–Trinajstić information content (AvgIpc) is 3.00. The van der Waals surface area contributed by atoms with E-state index in [1.807, 2.05) is 48.2 Å². The van der Waals surface area contributed by atoms with Gasteiger partial charge in [-0.25, -0.2) is 0 Å². The van der Waals surface area contributed by atoms with E-state index >= 15 is 0 Å². The Morgan fingerprint density at radius 3 is 1.83 bits per heavy atom. The molecule has 0 saturated heterocycles. The number of halogens is 1. The third-order valence-corrected chi connectivity index (χ3v) is 9.02. The molecular weight excluding hydrogens is 426 g/mol. The van der Waals surface area contributed by atoms with Crippen molar-refractivity contribution in [2.75, 3.05) is 0 Å². The summed E-state index contributed by atoms with van der Waals surface area (Å²) in [5.74, 6) is 0.271. The number of hydrogen-bond acceptors (Lipinski definition) is 2. The second-order valence-electron chi connectivity index (χ2n) is 9.29. The maximum Gasteiger partial charge on any atom is 0.231 e. The van der Waals surface area contributed by atoms with E-state index < -0.39 is 21.1 Å². The molecule has 2 fully saturated rings. The fourth-order valence-corrected chi connectivity index (χ4v) is 7.02. The van der Waals surface area contributed by atoms with Gasteiger partial charge in [-0.2, -0.15) is 0 Å². The molecule has 0 aromatic heterocycles. The first-order valence-electron chi connectivity index (χ1n) is 10.3. The summed E-state index contributed by atoms with van der Waals surface area (Å²) >= 11 is 3.67. The zero-order valence-electron chi connectivity index (χ0n) is 17.3. The Labute approximate surface area is 181 Å². The summed E-state index contributed by atoms with van der Waals surface area (Å²) in [7, 11) is 0. The first-order chi connectivity index (χ1) is 13.7. The van der Waals surface area contributed by atoms with Crippen LogP contribution >= 0.6 is 15.9 Å². The van der Waals surface area contributed by atoms with Crippen LogP contribution in [-0.2, 0) is 22.7 Å². The van der Waals surface area contributed by atoms with Gasteiger partial charge in [-0.05, 0) is 29.4 Å². The van der Waals surface area contributed by atoms with E-state index in [1.54, 1.807) is 0 Å². The minimum atomic E-state index is -0.706. The number of amides is 1. The predicted molar refractivity (Wildman–Crippen MR) is 118 cm³/mol. The number of Topliss-reactive ketones (excluding diaryl/α,β-unsaturated/α-hetero) is 1. The van der Waals surface area contributed by atoms with Crippen molar-refractivity contribution in [3.8, 4) is 0 Å². The maximum absolute atomic E-state index is 14.2. The van der Waals surface area contributed by atoms with Crippen LogP contribution < -0.4 is 0 Å². The third-order valence-electron chi connectivity index (χ3n) is 7.82. The molecule has 4 rings (SSSR count). The van der Waals surface area contributed by atoms with Crippen molar-refractivity contribution in [1.82, 2.24) is 4.90 Å². The molecule has 1 amide bonds. The van der Waals surface area contributed by atoms with Crippen molar-refractivity contribution in [3.63, 3.8) is 0 Å². The normalized spacial score (nSPS) is 29.8. The molecule has 0 aliphatic heterocycles. The van der Waals surface area contributed by atoms with E-state index in [0.29, 0.717) is 13.1 Å². The molecule has 0 unspecified atom stereocenters. The van der Waals surface area contributed by atoms with Gasteiger partial charge in [0.2, 0.25) is 5.91 Å². The van der Waals surface area contributed by atoms with E-state index in [9.17, 15) is 9.59 Å². The Bertz CT molecular complexity index is 885. The summed E-state index contributed by atoms with van der Waals surface area (Å²) < 4.78 is 0. The molecular formula is C25H28BrNO2. The molecule has 0 spiro atoms. The number of rotatable bonds is 5. The first kappa shape index (κ1) is 20.3. The van der Waals surface area contributed by atoms with Gasteiger partial charge in [0, 0.05) is 18.5 Å². The lowest BCUT2D eigenvalue weighted by Crippen LogP contribution is -2.52. The van der Waals surface area contributed by atoms with Crippen LogP contribution in [0.15, 0.2) is 60.7 Å². The quantitative estimate of drug-likeness (QED) is 0.570. The Hall–Kier alpha value is -1.94. The minimum Gasteiger partial charge on any atom is -0.333 e. The van der Waals surface area contributed by atoms with Crippen LogP contribution in [0.2, 0.25) is 0 Å². The van der Waals surface area contributed by atoms with Crippen LogP contribution in [0.3, 0.4) is 0 Å². The lowest BCUT2D eigenvalue weighted by atomic mass is 9.64. The van der Waals surface area contributed by atoms with Crippen LogP contribution in [0.1, 0.15) is 44.7 Å². The lowest BCUT2D eigenvalue weighted by Gasteiger charge is -2.43. The summed E-state index contributed by atoms with van der Waals surface area (Å²) in [6.45, 7) is 7.35. The third kappa shape index (κ3) is 2.83. The largest absolute Gasteiger partial charge is 0.333 e. The molecule has 2 aliphatic carbocycles. The second kappa shape index (κ2) is 7.09. The molecule has 0 heterocycles. The second-order valence-corrected chi connectivity index (χ2v) is 10.2. The van der Waals surface area contributed by atoms with Crippen molar-refractivity contribution in [3.05, 3.63) is 71.8 Å². The molecule has 4 heteroatoms. The van der Waals surface area contributed by atoms with Crippen molar-refractivity contribution in [1.29, 1.82) is 0 Å². The van der Waals surface area contributed by atoms with Gasteiger partial charge in [0.25, 0.3) is 0 Å². The highest BCUT2D eigenvalue weighted by atomic mass is 79.9. The van der Waals surface area contributed by atoms with Gasteiger partial charge in [0.15, 0.2) is 5.78 Å². The molecule has 2 aromatic rings. The summed E-state index contributed by atoms with van der Waals surface area (Å²) in [4.78, 5) is 28.9. The SMILES string of the molecule is CC1(C)[C@]2(C(=O)N(Cc3ccccc3)Cc3ccccc3)CC[C@]1(C)C(=O)[C@H]2Br. The van der Waals surface area contributed by atoms with Gasteiger partial charge in [-0.15, -0.1) is 0 Å². The Balaban J connectivity index is 1.74. The zero-order valence-corrected chi connectivity index (χ0v) is 18.9. The van der Waals surface area contributed by atoms with Gasteiger partial charge in [0.05, 0.1) is 10.2 Å². The van der Waals surface area contributed by atoms with E-state index in [0.717, 1.165) is 24.0 Å². The summed E-state index contributed by atoms with van der Waals surface area (Å²) in [6.07, 6.45) is 1.52. The zero-order chi connectivity index (χ0) is 20.9. The van der Waals surface area contributed by atoms with Gasteiger partial charge in [-0.1, -0.05) is 97.4 Å². The Morgan fingerprint density at radius 2 is 1.41 bits per heavy atom. The number of carbonyl (C=O) groups is 2. The van der Waals surface area contributed by atoms with Crippen molar-refractivity contribution in [2.24, 2.45) is 16.2 Å². The van der Waals surface area contributed by atoms with E-state index in [2.05, 4.69) is 54.0 Å². The topological polar surface area (TPSA) is 37.4 Å². The standard InChI is InChI=1S/C25H28BrNO2/c1-23(2)24(3)14-15-25(23,20(26)21(24)28)22(29)27(16-18-10-6-4-7-11-18)17-19-12-8-5-9-13-19/h4-13,20H,14-17H2,1-3H3/t20-,24-,25-/m1/s1. The lowest BCUT2D eigenvalue weighted by molar-refractivity contribution is -0.148. The fraction of sp³-hybridized carbons (Fsp3) is 0.440. The monoisotopic (exact) mass is 453 g/mol. The van der Waals surface area contributed by atoms with E-state index in [4.69, 9.17) is 0 Å². The number of nitrogens with zero attached hydrogens (tertiary/aromatic N) is 1. The first-order valence-corrected chi connectivity index (χ1v) is 11.2. The Morgan fingerprint density at radius 1 is 0.931 bits per heavy atom. The number of fused-ring (bicyclic) bond motifs is 2. The van der Waals surface area contributed by atoms with Crippen LogP contribution in [0, 0.1) is 16.2 Å². The number of ketones is 1. The molecule has 2 bridgehead atoms. The fourth-order valence-electron chi connectivity index (χ4n) is 5.51. The maximum atomic E-state index is 14.2. The number of benzene rings is 2. The van der Waals surface area contributed by atoms with Crippen LogP contribution in [0.5, 0.6) is 0 Å². The summed E-state index contributed by atoms with van der Waals surface area (Å²) in [5, 5.41) is 0. The van der Waals surface area contributed by atoms with Gasteiger partial charge in [-0.3, -0.25) is 9.59 Å². The van der Waals surface area contributed by atoms with Gasteiger partial charge < -0.3 is 4.90 Å². The predicted octanol–water partition coefficient (Wildman–Crippen LogP) is 5.37. The molecule has 0 radical (unpaired) electrons. The van der Waals surface area contributed by atoms with E-state index in [1.165, 1.54) is 0 Å². The highest BCUT2D eigenvalue weighted by molar-refractivity contribution is 9.10. The van der Waals surface area contributed by atoms with Gasteiger partial charge in [0.1, 0.15) is 0 Å². The average molecular weight is 454 g/mol. The van der Waals surface area contributed by atoms with Crippen molar-refractivity contribution in [2.45, 2.75) is 51.5 Å². The molecule has 2 saturated carbocycles. The van der Waals surface area contributed by atoms with Crippen LogP contribution in [0.4, 0.5) is 0 Å². The molecule has 0 N–H and O–H groups in total. The molecule has 2 aromatic carbocycles. The number of hydrogen-bond donors (Lipinski definition) is 0. The summed E-state index contributed by atoms with van der Waals surface area (Å²) in [5.41, 5.74) is 0.641.